The van der Waals surface area contributed by atoms with E-state index in [-0.39, 0.29) is 35.2 Å². The summed E-state index contributed by atoms with van der Waals surface area (Å²) in [5, 5.41) is 2.91. The van der Waals surface area contributed by atoms with Crippen molar-refractivity contribution in [3.05, 3.63) is 65.2 Å². The molecule has 1 unspecified atom stereocenters. The van der Waals surface area contributed by atoms with Gasteiger partial charge in [0, 0.05) is 13.0 Å². The quantitative estimate of drug-likeness (QED) is 0.739. The summed E-state index contributed by atoms with van der Waals surface area (Å²) in [5.41, 5.74) is 3.18. The van der Waals surface area contributed by atoms with Crippen molar-refractivity contribution in [2.45, 2.75) is 57.4 Å². The molecule has 0 radical (unpaired) electrons. The smallest absolute Gasteiger partial charge is 0.240 e. The number of rotatable bonds is 7. The summed E-state index contributed by atoms with van der Waals surface area (Å²) in [7, 11) is -3.64. The van der Waals surface area contributed by atoms with E-state index in [0.29, 0.717) is 0 Å². The molecule has 0 fully saturated rings. The largest absolute Gasteiger partial charge is 0.350 e. The van der Waals surface area contributed by atoms with Crippen LogP contribution in [0.5, 0.6) is 0 Å². The van der Waals surface area contributed by atoms with Gasteiger partial charge in [0.1, 0.15) is 0 Å². The van der Waals surface area contributed by atoms with Crippen molar-refractivity contribution in [3.63, 3.8) is 0 Å². The summed E-state index contributed by atoms with van der Waals surface area (Å²) in [6, 6.07) is 14.6. The number of amides is 1. The van der Waals surface area contributed by atoms with E-state index in [9.17, 15) is 13.2 Å². The van der Waals surface area contributed by atoms with Crippen LogP contribution >= 0.6 is 0 Å². The lowest BCUT2D eigenvalue weighted by molar-refractivity contribution is -0.121. The van der Waals surface area contributed by atoms with Crippen LogP contribution in [0.3, 0.4) is 0 Å². The molecule has 2 N–H and O–H groups in total. The molecule has 0 saturated heterocycles. The summed E-state index contributed by atoms with van der Waals surface area (Å²) in [4.78, 5) is 12.4. The van der Waals surface area contributed by atoms with Gasteiger partial charge in [0.2, 0.25) is 15.9 Å². The minimum Gasteiger partial charge on any atom is -0.350 e. The number of benzene rings is 2. The highest BCUT2D eigenvalue weighted by atomic mass is 32.2. The number of nitrogens with one attached hydrogen (secondary N) is 2. The predicted octanol–water partition coefficient (Wildman–Crippen LogP) is 3.84. The van der Waals surface area contributed by atoms with Gasteiger partial charge in [-0.2, -0.15) is 0 Å². The van der Waals surface area contributed by atoms with Crippen molar-refractivity contribution in [3.8, 4) is 0 Å². The third-order valence-electron chi connectivity index (χ3n) is 4.71. The van der Waals surface area contributed by atoms with Crippen LogP contribution in [0.2, 0.25) is 0 Å². The first-order valence-electron chi connectivity index (χ1n) is 9.46. The minimum atomic E-state index is -3.64. The maximum Gasteiger partial charge on any atom is 0.240 e. The Kier molecular flexibility index (Phi) is 7.01. The average molecular weight is 403 g/mol. The van der Waals surface area contributed by atoms with Crippen molar-refractivity contribution in [1.82, 2.24) is 10.0 Å². The van der Waals surface area contributed by atoms with Gasteiger partial charge in [-0.3, -0.25) is 4.79 Å². The molecule has 1 atom stereocenters. The van der Waals surface area contributed by atoms with Crippen LogP contribution in [-0.4, -0.2) is 20.9 Å². The first kappa shape index (κ1) is 22.1. The lowest BCUT2D eigenvalue weighted by Gasteiger charge is -2.19. The molecule has 2 aromatic carbocycles. The summed E-state index contributed by atoms with van der Waals surface area (Å²) in [5.74, 6) is -0.193. The maximum absolute atomic E-state index is 12.4. The molecule has 0 aliphatic heterocycles. The van der Waals surface area contributed by atoms with Gasteiger partial charge in [0.25, 0.3) is 0 Å². The van der Waals surface area contributed by atoms with Gasteiger partial charge in [0.15, 0.2) is 0 Å². The molecular formula is C22H30N2O3S. The van der Waals surface area contributed by atoms with E-state index < -0.39 is 10.0 Å². The summed E-state index contributed by atoms with van der Waals surface area (Å²) in [6.07, 6.45) is 0.0789. The molecule has 2 rings (SSSR count). The number of carbonyl (C=O) groups is 1. The molecule has 2 aromatic rings. The fraction of sp³-hybridized carbons (Fsp3) is 0.409. The molecule has 5 nitrogen and oxygen atoms in total. The number of sulfonamides is 1. The monoisotopic (exact) mass is 402 g/mol. The number of carbonyl (C=O) groups excluding carboxylic acids is 1. The normalized spacial score (nSPS) is 13.2. The van der Waals surface area contributed by atoms with E-state index in [1.165, 1.54) is 0 Å². The Morgan fingerprint density at radius 2 is 1.64 bits per heavy atom. The van der Waals surface area contributed by atoms with Gasteiger partial charge < -0.3 is 5.32 Å². The van der Waals surface area contributed by atoms with E-state index >= 15 is 0 Å². The second-order valence-electron chi connectivity index (χ2n) is 8.07. The summed E-state index contributed by atoms with van der Waals surface area (Å²) in [6.45, 7) is 10.2. The first-order chi connectivity index (χ1) is 13.0. The zero-order chi connectivity index (χ0) is 20.9. The fourth-order valence-electron chi connectivity index (χ4n) is 2.98. The number of hydrogen-bond donors (Lipinski definition) is 2. The van der Waals surface area contributed by atoms with Crippen LogP contribution < -0.4 is 10.0 Å². The van der Waals surface area contributed by atoms with E-state index in [4.69, 9.17) is 0 Å². The molecule has 28 heavy (non-hydrogen) atoms. The van der Waals surface area contributed by atoms with Gasteiger partial charge in [-0.25, -0.2) is 13.1 Å². The Labute approximate surface area is 168 Å². The lowest BCUT2D eigenvalue weighted by Crippen LogP contribution is -2.32. The van der Waals surface area contributed by atoms with Crippen molar-refractivity contribution < 1.29 is 13.2 Å². The van der Waals surface area contributed by atoms with Crippen LogP contribution in [0.25, 0.3) is 0 Å². The van der Waals surface area contributed by atoms with Crippen LogP contribution in [0, 0.1) is 6.92 Å². The molecular weight excluding hydrogens is 372 g/mol. The van der Waals surface area contributed by atoms with Crippen LogP contribution in [0.1, 0.15) is 56.8 Å². The molecule has 0 heterocycles. The Morgan fingerprint density at radius 3 is 2.21 bits per heavy atom. The zero-order valence-corrected chi connectivity index (χ0v) is 18.1. The molecule has 0 bridgehead atoms. The van der Waals surface area contributed by atoms with Crippen molar-refractivity contribution >= 4 is 15.9 Å². The van der Waals surface area contributed by atoms with Gasteiger partial charge in [-0.1, -0.05) is 57.2 Å². The van der Waals surface area contributed by atoms with E-state index in [2.05, 4.69) is 30.8 Å². The predicted molar refractivity (Wildman–Crippen MR) is 113 cm³/mol. The Balaban J connectivity index is 1.89. The standard InChI is InChI=1S/C22H30N2O3S/c1-16-8-6-7-9-20(16)17(2)24-21(25)14-15-23-28(26,27)19-12-10-18(11-13-19)22(3,4)5/h6-13,17,23H,14-15H2,1-5H3,(H,24,25). The lowest BCUT2D eigenvalue weighted by atomic mass is 9.87. The van der Waals surface area contributed by atoms with Gasteiger partial charge in [0.05, 0.1) is 10.9 Å². The van der Waals surface area contributed by atoms with Crippen LogP contribution in [0.15, 0.2) is 53.4 Å². The SMILES string of the molecule is Cc1ccccc1C(C)NC(=O)CCNS(=O)(=O)c1ccc(C(C)(C)C)cc1. The average Bonchev–Trinajstić information content (AvgIpc) is 2.61. The zero-order valence-electron chi connectivity index (χ0n) is 17.2. The molecule has 0 spiro atoms. The highest BCUT2D eigenvalue weighted by molar-refractivity contribution is 7.89. The van der Waals surface area contributed by atoms with Gasteiger partial charge in [-0.15, -0.1) is 0 Å². The number of hydrogen-bond acceptors (Lipinski definition) is 3. The minimum absolute atomic E-state index is 0.0401. The van der Waals surface area contributed by atoms with E-state index in [0.717, 1.165) is 16.7 Å². The maximum atomic E-state index is 12.4. The first-order valence-corrected chi connectivity index (χ1v) is 10.9. The highest BCUT2D eigenvalue weighted by Crippen LogP contribution is 2.23. The third-order valence-corrected chi connectivity index (χ3v) is 6.18. The molecule has 0 aromatic heterocycles. The second-order valence-corrected chi connectivity index (χ2v) is 9.83. The third kappa shape index (κ3) is 5.91. The second kappa shape index (κ2) is 8.88. The summed E-state index contributed by atoms with van der Waals surface area (Å²) < 4.78 is 27.3. The molecule has 152 valence electrons. The van der Waals surface area contributed by atoms with Gasteiger partial charge >= 0.3 is 0 Å². The van der Waals surface area contributed by atoms with Crippen molar-refractivity contribution in [1.29, 1.82) is 0 Å². The van der Waals surface area contributed by atoms with E-state index in [1.807, 2.05) is 50.2 Å². The van der Waals surface area contributed by atoms with Crippen LogP contribution in [0.4, 0.5) is 0 Å². The van der Waals surface area contributed by atoms with E-state index in [1.54, 1.807) is 12.1 Å². The Hall–Kier alpha value is -2.18. The van der Waals surface area contributed by atoms with Crippen molar-refractivity contribution in [2.75, 3.05) is 6.54 Å². The Morgan fingerprint density at radius 1 is 1.04 bits per heavy atom. The number of aryl methyl sites for hydroxylation is 1. The molecule has 6 heteroatoms. The Bertz CT molecular complexity index is 914. The topological polar surface area (TPSA) is 75.3 Å². The van der Waals surface area contributed by atoms with Crippen molar-refractivity contribution in [2.24, 2.45) is 0 Å². The van der Waals surface area contributed by atoms with Gasteiger partial charge in [-0.05, 0) is 48.1 Å². The van der Waals surface area contributed by atoms with Crippen LogP contribution in [-0.2, 0) is 20.2 Å². The molecule has 0 saturated carbocycles. The summed E-state index contributed by atoms with van der Waals surface area (Å²) >= 11 is 0. The molecule has 0 aliphatic rings. The molecule has 1 amide bonds. The fourth-order valence-corrected chi connectivity index (χ4v) is 4.01. The highest BCUT2D eigenvalue weighted by Gasteiger charge is 2.18. The molecule has 0 aliphatic carbocycles.